The molecule has 1 saturated carbocycles. The van der Waals surface area contributed by atoms with Crippen LogP contribution in [0.1, 0.15) is 32.6 Å². The second-order valence-electron chi connectivity index (χ2n) is 7.18. The Bertz CT molecular complexity index is 630. The zero-order chi connectivity index (χ0) is 17.9. The Morgan fingerprint density at radius 2 is 1.92 bits per heavy atom. The van der Waals surface area contributed by atoms with E-state index < -0.39 is 0 Å². The molecule has 1 aliphatic heterocycles. The maximum absolute atomic E-state index is 12.9. The van der Waals surface area contributed by atoms with Crippen LogP contribution in [-0.4, -0.2) is 42.9 Å². The van der Waals surface area contributed by atoms with Crippen LogP contribution in [0.2, 0.25) is 5.02 Å². The smallest absolute Gasteiger partial charge is 0.243 e. The first-order valence-electron chi connectivity index (χ1n) is 9.09. The summed E-state index contributed by atoms with van der Waals surface area (Å²) in [6.07, 6.45) is 3.97. The summed E-state index contributed by atoms with van der Waals surface area (Å²) in [5, 5.41) is 6.83. The van der Waals surface area contributed by atoms with Gasteiger partial charge in [0.2, 0.25) is 11.8 Å². The summed E-state index contributed by atoms with van der Waals surface area (Å²) in [5.74, 6) is 0.0867. The molecule has 1 unspecified atom stereocenters. The molecule has 1 saturated heterocycles. The first-order chi connectivity index (χ1) is 12.0. The average molecular weight is 400 g/mol. The minimum atomic E-state index is -0.163. The van der Waals surface area contributed by atoms with E-state index in [-0.39, 0.29) is 42.1 Å². The summed E-state index contributed by atoms with van der Waals surface area (Å²) in [7, 11) is 0. The Morgan fingerprint density at radius 3 is 2.54 bits per heavy atom. The summed E-state index contributed by atoms with van der Waals surface area (Å²) in [6.45, 7) is 4.76. The van der Waals surface area contributed by atoms with Gasteiger partial charge in [-0.3, -0.25) is 9.59 Å². The van der Waals surface area contributed by atoms with Crippen LogP contribution in [-0.2, 0) is 9.59 Å². The van der Waals surface area contributed by atoms with Crippen LogP contribution in [0.5, 0.6) is 0 Å². The van der Waals surface area contributed by atoms with E-state index in [2.05, 4.69) is 10.6 Å². The monoisotopic (exact) mass is 399 g/mol. The van der Waals surface area contributed by atoms with Crippen LogP contribution in [0, 0.1) is 11.3 Å². The lowest BCUT2D eigenvalue weighted by atomic mass is 9.91. The zero-order valence-corrected chi connectivity index (χ0v) is 16.7. The van der Waals surface area contributed by atoms with Gasteiger partial charge in [0.1, 0.15) is 0 Å². The van der Waals surface area contributed by atoms with Crippen molar-refractivity contribution in [2.45, 2.75) is 32.6 Å². The van der Waals surface area contributed by atoms with Crippen LogP contribution in [0.4, 0.5) is 5.69 Å². The van der Waals surface area contributed by atoms with Gasteiger partial charge < -0.3 is 15.5 Å². The first-order valence-corrected chi connectivity index (χ1v) is 9.47. The lowest BCUT2D eigenvalue weighted by Gasteiger charge is -2.26. The van der Waals surface area contributed by atoms with Crippen LogP contribution >= 0.6 is 24.0 Å². The molecule has 26 heavy (non-hydrogen) atoms. The van der Waals surface area contributed by atoms with E-state index in [0.717, 1.165) is 38.8 Å². The Balaban J connectivity index is 0.00000243. The summed E-state index contributed by atoms with van der Waals surface area (Å²) in [4.78, 5) is 27.0. The van der Waals surface area contributed by atoms with Crippen LogP contribution < -0.4 is 10.6 Å². The number of piperidine rings is 1. The van der Waals surface area contributed by atoms with Crippen molar-refractivity contribution in [1.82, 2.24) is 10.2 Å². The number of nitrogens with one attached hydrogen (secondary N) is 2. The Labute approximate surface area is 166 Å². The molecule has 2 aliphatic rings. The van der Waals surface area contributed by atoms with E-state index in [1.54, 1.807) is 29.2 Å². The van der Waals surface area contributed by atoms with E-state index in [0.29, 0.717) is 17.3 Å². The van der Waals surface area contributed by atoms with Crippen LogP contribution in [0.15, 0.2) is 24.3 Å². The van der Waals surface area contributed by atoms with Crippen molar-refractivity contribution < 1.29 is 9.59 Å². The molecule has 1 atom stereocenters. The summed E-state index contributed by atoms with van der Waals surface area (Å²) in [5.41, 5.74) is 0.889. The van der Waals surface area contributed by atoms with E-state index in [1.807, 2.05) is 6.92 Å². The van der Waals surface area contributed by atoms with Crippen LogP contribution in [0.25, 0.3) is 0 Å². The predicted molar refractivity (Wildman–Crippen MR) is 107 cm³/mol. The van der Waals surface area contributed by atoms with E-state index in [4.69, 9.17) is 11.6 Å². The number of nitrogens with zero attached hydrogens (tertiary/aromatic N) is 1. The molecular weight excluding hydrogens is 373 g/mol. The maximum atomic E-state index is 12.9. The lowest BCUT2D eigenvalue weighted by molar-refractivity contribution is -0.136. The fraction of sp³-hybridized carbons (Fsp3) is 0.579. The lowest BCUT2D eigenvalue weighted by Crippen LogP contribution is -2.41. The number of carbonyl (C=O) groups excluding carboxylic acids is 2. The van der Waals surface area contributed by atoms with E-state index in [9.17, 15) is 9.59 Å². The third-order valence-corrected chi connectivity index (χ3v) is 5.61. The molecule has 1 aromatic carbocycles. The normalized spacial score (nSPS) is 20.2. The third-order valence-electron chi connectivity index (χ3n) is 5.35. The number of anilines is 1. The quantitative estimate of drug-likeness (QED) is 0.770. The van der Waals surface area contributed by atoms with Gasteiger partial charge in [0.05, 0.1) is 6.54 Å². The van der Waals surface area contributed by atoms with Gasteiger partial charge in [0.15, 0.2) is 0 Å². The molecule has 1 aliphatic carbocycles. The average Bonchev–Trinajstić information content (AvgIpc) is 3.29. The van der Waals surface area contributed by atoms with E-state index in [1.165, 1.54) is 0 Å². The molecule has 0 radical (unpaired) electrons. The molecule has 144 valence electrons. The fourth-order valence-corrected chi connectivity index (χ4v) is 3.96. The Morgan fingerprint density at radius 1 is 1.27 bits per heavy atom. The highest BCUT2D eigenvalue weighted by molar-refractivity contribution is 6.30. The second kappa shape index (κ2) is 9.07. The van der Waals surface area contributed by atoms with Gasteiger partial charge in [0.25, 0.3) is 0 Å². The number of amides is 2. The minimum absolute atomic E-state index is 0. The van der Waals surface area contributed by atoms with Crippen molar-refractivity contribution in [1.29, 1.82) is 0 Å². The molecule has 1 spiro atoms. The summed E-state index contributed by atoms with van der Waals surface area (Å²) in [6, 6.07) is 6.99. The molecular formula is C19H27Cl2N3O2. The largest absolute Gasteiger partial charge is 0.333 e. The van der Waals surface area contributed by atoms with Crippen molar-refractivity contribution >= 4 is 41.5 Å². The van der Waals surface area contributed by atoms with Gasteiger partial charge in [-0.05, 0) is 68.5 Å². The highest BCUT2D eigenvalue weighted by Crippen LogP contribution is 2.59. The summed E-state index contributed by atoms with van der Waals surface area (Å²) >= 11 is 5.86. The Kier molecular flexibility index (Phi) is 7.33. The minimum Gasteiger partial charge on any atom is -0.333 e. The topological polar surface area (TPSA) is 61.4 Å². The molecule has 0 bridgehead atoms. The van der Waals surface area contributed by atoms with Crippen molar-refractivity contribution in [3.05, 3.63) is 29.3 Å². The second-order valence-corrected chi connectivity index (χ2v) is 7.62. The molecule has 7 heteroatoms. The van der Waals surface area contributed by atoms with Crippen molar-refractivity contribution in [3.63, 3.8) is 0 Å². The van der Waals surface area contributed by atoms with Crippen molar-refractivity contribution in [3.8, 4) is 0 Å². The number of hydrogen-bond acceptors (Lipinski definition) is 3. The maximum Gasteiger partial charge on any atom is 0.243 e. The molecule has 5 nitrogen and oxygen atoms in total. The molecule has 2 amide bonds. The fourth-order valence-electron chi connectivity index (χ4n) is 3.84. The van der Waals surface area contributed by atoms with Gasteiger partial charge in [-0.15, -0.1) is 12.4 Å². The zero-order valence-electron chi connectivity index (χ0n) is 15.1. The molecule has 2 fully saturated rings. The number of halogens is 2. The number of hydrogen-bond donors (Lipinski definition) is 2. The van der Waals surface area contributed by atoms with Gasteiger partial charge in [-0.25, -0.2) is 0 Å². The van der Waals surface area contributed by atoms with Crippen molar-refractivity contribution in [2.75, 3.05) is 31.5 Å². The first kappa shape index (κ1) is 21.0. The third kappa shape index (κ3) is 4.90. The SMILES string of the molecule is CCCN(CC(=O)Nc1ccc(Cl)cc1)C(=O)C1CC12CCNCC2.Cl. The highest BCUT2D eigenvalue weighted by Gasteiger charge is 2.58. The number of rotatable bonds is 6. The highest BCUT2D eigenvalue weighted by atomic mass is 35.5. The van der Waals surface area contributed by atoms with Gasteiger partial charge in [-0.2, -0.15) is 0 Å². The molecule has 2 N–H and O–H groups in total. The van der Waals surface area contributed by atoms with Gasteiger partial charge in [0, 0.05) is 23.2 Å². The molecule has 1 heterocycles. The van der Waals surface area contributed by atoms with Crippen LogP contribution in [0.3, 0.4) is 0 Å². The number of carbonyl (C=O) groups is 2. The Hall–Kier alpha value is -1.30. The number of benzene rings is 1. The standard InChI is InChI=1S/C19H26ClN3O2.ClH/c1-2-11-23(13-17(24)22-15-5-3-14(20)4-6-15)18(25)16-12-19(16)7-9-21-10-8-19;/h3-6,16,21H,2,7-13H2,1H3,(H,22,24);1H. The molecule has 0 aromatic heterocycles. The molecule has 3 rings (SSSR count). The van der Waals surface area contributed by atoms with E-state index >= 15 is 0 Å². The van der Waals surface area contributed by atoms with Crippen molar-refractivity contribution in [2.24, 2.45) is 11.3 Å². The molecule has 1 aromatic rings. The summed E-state index contributed by atoms with van der Waals surface area (Å²) < 4.78 is 0. The van der Waals surface area contributed by atoms with Gasteiger partial charge >= 0.3 is 0 Å². The predicted octanol–water partition coefficient (Wildman–Crippen LogP) is 3.33. The van der Waals surface area contributed by atoms with Gasteiger partial charge in [-0.1, -0.05) is 18.5 Å².